The molecule has 1 rings (SSSR count). The number of hydrogen-bond acceptors (Lipinski definition) is 1. The smallest absolute Gasteiger partial charge is 0.0215 e. The van der Waals surface area contributed by atoms with Gasteiger partial charge in [0.2, 0.25) is 0 Å². The van der Waals surface area contributed by atoms with Crippen molar-refractivity contribution in [2.75, 3.05) is 6.26 Å². The fourth-order valence-corrected chi connectivity index (χ4v) is 0.714. The monoisotopic (exact) mass is 152 g/mol. The summed E-state index contributed by atoms with van der Waals surface area (Å²) in [5.74, 6) is 2.07. The van der Waals surface area contributed by atoms with E-state index in [-0.39, 0.29) is 0 Å². The second-order valence-corrected chi connectivity index (χ2v) is 1.84. The minimum atomic E-state index is 1.14. The summed E-state index contributed by atoms with van der Waals surface area (Å²) >= 11 is 3.53. The van der Waals surface area contributed by atoms with Gasteiger partial charge < -0.3 is 0 Å². The topological polar surface area (TPSA) is 0 Å². The van der Waals surface area contributed by atoms with E-state index >= 15 is 0 Å². The van der Waals surface area contributed by atoms with Gasteiger partial charge in [0.05, 0.1) is 0 Å². The first kappa shape index (κ1) is 9.76. The third-order valence-corrected chi connectivity index (χ3v) is 1.25. The van der Waals surface area contributed by atoms with Gasteiger partial charge in [-0.1, -0.05) is 0 Å². The molecular weight excluding hydrogens is 139 g/mol. The molecule has 0 aromatic carbocycles. The Labute approximate surface area is 69.3 Å². The fraction of sp³-hybridized carbons (Fsp3) is 0.375. The molecule has 54 valence electrons. The molecule has 0 atom stereocenters. The van der Waals surface area contributed by atoms with Gasteiger partial charge in [-0.25, -0.2) is 0 Å². The van der Waals surface area contributed by atoms with Crippen molar-refractivity contribution in [3.05, 3.63) is 29.6 Å². The number of hydrogen-bond donors (Lipinski definition) is 1. The SMILES string of the molecule is CCc1bcccc1.CS. The van der Waals surface area contributed by atoms with Gasteiger partial charge in [0.25, 0.3) is 0 Å². The summed E-state index contributed by atoms with van der Waals surface area (Å²) in [4.78, 5) is 0. The largest absolute Gasteiger partial charge is 0.183 e. The molecule has 0 aliphatic carbocycles. The van der Waals surface area contributed by atoms with Crippen LogP contribution in [0.4, 0.5) is 0 Å². The Morgan fingerprint density at radius 2 is 2.10 bits per heavy atom. The average molecular weight is 152 g/mol. The zero-order valence-corrected chi connectivity index (χ0v) is 7.44. The normalized spacial score (nSPS) is 7.50. The fourth-order valence-electron chi connectivity index (χ4n) is 0.714. The Morgan fingerprint density at radius 1 is 1.40 bits per heavy atom. The molecule has 0 radical (unpaired) electrons. The zero-order valence-electron chi connectivity index (χ0n) is 6.54. The van der Waals surface area contributed by atoms with Crippen LogP contribution in [0.15, 0.2) is 24.2 Å². The van der Waals surface area contributed by atoms with E-state index in [1.54, 1.807) is 6.26 Å². The van der Waals surface area contributed by atoms with Crippen LogP contribution in [-0.2, 0) is 6.42 Å². The molecule has 0 amide bonds. The van der Waals surface area contributed by atoms with Gasteiger partial charge in [-0.2, -0.15) is 12.6 Å². The van der Waals surface area contributed by atoms with Gasteiger partial charge in [0.15, 0.2) is 0 Å². The Hall–Kier alpha value is -0.235. The molecule has 1 heterocycles. The molecule has 0 bridgehead atoms. The molecule has 0 unspecified atom stereocenters. The van der Waals surface area contributed by atoms with Crippen molar-refractivity contribution in [3.8, 4) is 0 Å². The van der Waals surface area contributed by atoms with Crippen LogP contribution in [-0.4, -0.2) is 13.2 Å². The van der Waals surface area contributed by atoms with Crippen LogP contribution in [0.3, 0.4) is 0 Å². The standard InChI is InChI=1S/C7H9B.CH4S/c1-2-7-5-3-4-6-8-7;1-2/h3-6H,2H2,1H3;2H,1H3. The summed E-state index contributed by atoms with van der Waals surface area (Å²) in [6, 6.07) is 6.25. The minimum absolute atomic E-state index is 1.14. The van der Waals surface area contributed by atoms with Crippen LogP contribution in [0.2, 0.25) is 0 Å². The van der Waals surface area contributed by atoms with Crippen LogP contribution >= 0.6 is 12.6 Å². The minimum Gasteiger partial charge on any atom is -0.183 e. The molecule has 2 heteroatoms. The molecule has 1 aromatic rings. The second kappa shape index (κ2) is 6.88. The van der Waals surface area contributed by atoms with E-state index in [0.29, 0.717) is 0 Å². The predicted octanol–water partition coefficient (Wildman–Crippen LogP) is 2.13. The third kappa shape index (κ3) is 3.73. The van der Waals surface area contributed by atoms with E-state index < -0.39 is 0 Å². The van der Waals surface area contributed by atoms with Crippen molar-refractivity contribution in [3.63, 3.8) is 0 Å². The second-order valence-electron chi connectivity index (χ2n) is 1.84. The summed E-state index contributed by atoms with van der Waals surface area (Å²) < 4.78 is 0. The Balaban J connectivity index is 0.000000371. The summed E-state index contributed by atoms with van der Waals surface area (Å²) in [6.45, 7) is 4.30. The van der Waals surface area contributed by atoms with Crippen molar-refractivity contribution < 1.29 is 0 Å². The Kier molecular flexibility index (Phi) is 6.72. The van der Waals surface area contributed by atoms with Crippen molar-refractivity contribution >= 4 is 19.5 Å². The van der Waals surface area contributed by atoms with Gasteiger partial charge >= 0.3 is 49.9 Å². The van der Waals surface area contributed by atoms with Crippen molar-refractivity contribution in [1.82, 2.24) is 0 Å². The Bertz CT molecular complexity index is 151. The van der Waals surface area contributed by atoms with Crippen LogP contribution in [0.5, 0.6) is 0 Å². The number of aryl methyl sites for hydroxylation is 1. The third-order valence-electron chi connectivity index (χ3n) is 1.25. The Morgan fingerprint density at radius 3 is 2.40 bits per heavy atom. The van der Waals surface area contributed by atoms with E-state index in [1.807, 2.05) is 6.07 Å². The molecule has 0 N–H and O–H groups in total. The molecule has 0 saturated heterocycles. The van der Waals surface area contributed by atoms with Gasteiger partial charge in [-0.05, 0) is 6.26 Å². The molecule has 0 aliphatic rings. The first-order valence-electron chi connectivity index (χ1n) is 3.42. The zero-order chi connectivity index (χ0) is 7.82. The van der Waals surface area contributed by atoms with Crippen molar-refractivity contribution in [1.29, 1.82) is 0 Å². The van der Waals surface area contributed by atoms with Gasteiger partial charge in [-0.3, -0.25) is 0 Å². The molecule has 0 nitrogen and oxygen atoms in total. The van der Waals surface area contributed by atoms with E-state index in [9.17, 15) is 0 Å². The van der Waals surface area contributed by atoms with Crippen LogP contribution in [0.1, 0.15) is 12.4 Å². The van der Waals surface area contributed by atoms with Crippen molar-refractivity contribution in [2.24, 2.45) is 0 Å². The molecule has 1 aromatic heterocycles. The van der Waals surface area contributed by atoms with Gasteiger partial charge in [0.1, 0.15) is 0 Å². The van der Waals surface area contributed by atoms with Crippen LogP contribution in [0.25, 0.3) is 0 Å². The summed E-state index contributed by atoms with van der Waals surface area (Å²) in [5.41, 5.74) is 1.41. The van der Waals surface area contributed by atoms with Gasteiger partial charge in [-0.15, -0.1) is 0 Å². The first-order chi connectivity index (χ1) is 4.93. The number of thiol groups is 1. The summed E-state index contributed by atoms with van der Waals surface area (Å²) in [6.07, 6.45) is 2.83. The van der Waals surface area contributed by atoms with Crippen LogP contribution < -0.4 is 0 Å². The molecule has 0 saturated carbocycles. The van der Waals surface area contributed by atoms with E-state index in [2.05, 4.69) is 44.6 Å². The predicted molar refractivity (Wildman–Crippen MR) is 52.1 cm³/mol. The maximum absolute atomic E-state index is 3.53. The summed E-state index contributed by atoms with van der Waals surface area (Å²) in [5, 5.41) is 0. The molecular formula is C8H13BS. The van der Waals surface area contributed by atoms with E-state index in [0.717, 1.165) is 6.42 Å². The first-order valence-corrected chi connectivity index (χ1v) is 4.31. The van der Waals surface area contributed by atoms with Gasteiger partial charge in [0, 0.05) is 0 Å². The molecule has 0 spiro atoms. The molecule has 0 fully saturated rings. The molecule has 10 heavy (non-hydrogen) atoms. The summed E-state index contributed by atoms with van der Waals surface area (Å²) in [7, 11) is 0. The van der Waals surface area contributed by atoms with E-state index in [1.165, 1.54) is 5.46 Å². The maximum Gasteiger partial charge on any atom is -0.0215 e. The maximum atomic E-state index is 3.53. The van der Waals surface area contributed by atoms with Crippen LogP contribution in [0, 0.1) is 0 Å². The average Bonchev–Trinajstić information content (AvgIpc) is 2.10. The quantitative estimate of drug-likeness (QED) is 0.585. The van der Waals surface area contributed by atoms with E-state index in [4.69, 9.17) is 0 Å². The molecule has 0 aliphatic heterocycles. The number of rotatable bonds is 1. The van der Waals surface area contributed by atoms with Crippen molar-refractivity contribution in [2.45, 2.75) is 13.3 Å².